The summed E-state index contributed by atoms with van der Waals surface area (Å²) in [4.78, 5) is 11.3. The second-order valence-electron chi connectivity index (χ2n) is 5.32. The third-order valence-electron chi connectivity index (χ3n) is 3.59. The minimum atomic E-state index is -1.32. The van der Waals surface area contributed by atoms with Crippen molar-refractivity contribution in [2.45, 2.75) is 44.5 Å². The first-order chi connectivity index (χ1) is 10.4. The van der Waals surface area contributed by atoms with Gasteiger partial charge in [-0.3, -0.25) is 4.79 Å². The molecule has 1 aromatic carbocycles. The summed E-state index contributed by atoms with van der Waals surface area (Å²) in [6.45, 7) is 2.67. The first-order valence-corrected chi connectivity index (χ1v) is 7.06. The molecule has 7 nitrogen and oxygen atoms in total. The molecule has 2 rings (SSSR count). The number of benzene rings is 1. The summed E-state index contributed by atoms with van der Waals surface area (Å²) in [5.41, 5.74) is 0.855. The molecule has 5 atom stereocenters. The Hall–Kier alpha value is -1.67. The lowest BCUT2D eigenvalue weighted by atomic mass is 9.97. The Balaban J connectivity index is 2.23. The molecule has 1 heterocycles. The van der Waals surface area contributed by atoms with Crippen LogP contribution in [-0.4, -0.2) is 58.5 Å². The third kappa shape index (κ3) is 3.56. The van der Waals surface area contributed by atoms with Gasteiger partial charge in [-0.2, -0.15) is 0 Å². The number of hydrogen-bond acceptors (Lipinski definition) is 6. The van der Waals surface area contributed by atoms with Gasteiger partial charge in [0.2, 0.25) is 12.2 Å². The molecule has 1 amide bonds. The van der Waals surface area contributed by atoms with Crippen LogP contribution in [0.2, 0.25) is 0 Å². The molecular formula is C15H21NO6. The quantitative estimate of drug-likeness (QED) is 0.587. The van der Waals surface area contributed by atoms with E-state index in [4.69, 9.17) is 9.47 Å². The van der Waals surface area contributed by atoms with Crippen molar-refractivity contribution < 1.29 is 29.6 Å². The maximum absolute atomic E-state index is 11.3. The zero-order chi connectivity index (χ0) is 16.3. The molecule has 4 N–H and O–H groups in total. The van der Waals surface area contributed by atoms with Crippen LogP contribution in [0.15, 0.2) is 24.3 Å². The number of amides is 1. The number of aliphatic hydroxyl groups excluding tert-OH is 3. The van der Waals surface area contributed by atoms with Crippen molar-refractivity contribution in [2.75, 3.05) is 6.61 Å². The number of hydrogen-bond donors (Lipinski definition) is 4. The van der Waals surface area contributed by atoms with Crippen LogP contribution in [0.3, 0.4) is 0 Å². The second kappa shape index (κ2) is 7.06. The average Bonchev–Trinajstić information content (AvgIpc) is 2.48. The number of para-hydroxylation sites is 1. The highest BCUT2D eigenvalue weighted by Gasteiger charge is 2.46. The molecule has 1 fully saturated rings. The van der Waals surface area contributed by atoms with Crippen molar-refractivity contribution in [3.63, 3.8) is 0 Å². The van der Waals surface area contributed by atoms with Crippen molar-refractivity contribution in [2.24, 2.45) is 0 Å². The molecule has 122 valence electrons. The molecule has 0 radical (unpaired) electrons. The molecule has 0 unspecified atom stereocenters. The van der Waals surface area contributed by atoms with E-state index in [1.165, 1.54) is 6.92 Å². The zero-order valence-electron chi connectivity index (χ0n) is 12.5. The summed E-state index contributed by atoms with van der Waals surface area (Å²) in [5.74, 6) is 0.142. The van der Waals surface area contributed by atoms with Crippen LogP contribution in [0.25, 0.3) is 0 Å². The van der Waals surface area contributed by atoms with Gasteiger partial charge in [0.25, 0.3) is 0 Å². The van der Waals surface area contributed by atoms with E-state index < -0.39 is 37.3 Å². The Kier molecular flexibility index (Phi) is 5.36. The molecule has 0 saturated carbocycles. The number of carbonyl (C=O) groups excluding carboxylic acids is 1. The first kappa shape index (κ1) is 16.7. The summed E-state index contributed by atoms with van der Waals surface area (Å²) >= 11 is 0. The van der Waals surface area contributed by atoms with Crippen molar-refractivity contribution in [3.8, 4) is 5.75 Å². The molecule has 0 aromatic heterocycles. The number of ether oxygens (including phenoxy) is 2. The van der Waals surface area contributed by atoms with Crippen LogP contribution in [0.5, 0.6) is 5.75 Å². The number of nitrogens with one attached hydrogen (secondary N) is 1. The molecule has 1 saturated heterocycles. The summed E-state index contributed by atoms with van der Waals surface area (Å²) in [6.07, 6.45) is -4.66. The zero-order valence-corrected chi connectivity index (χ0v) is 12.5. The van der Waals surface area contributed by atoms with Crippen molar-refractivity contribution in [1.82, 2.24) is 5.32 Å². The van der Waals surface area contributed by atoms with Crippen molar-refractivity contribution >= 4 is 5.91 Å². The van der Waals surface area contributed by atoms with Gasteiger partial charge in [0, 0.05) is 6.92 Å². The van der Waals surface area contributed by atoms with Crippen LogP contribution in [-0.2, 0) is 9.53 Å². The van der Waals surface area contributed by atoms with Crippen LogP contribution >= 0.6 is 0 Å². The molecular weight excluding hydrogens is 290 g/mol. The van der Waals surface area contributed by atoms with Gasteiger partial charge in [-0.05, 0) is 18.6 Å². The number of carbonyl (C=O) groups is 1. The Morgan fingerprint density at radius 3 is 2.59 bits per heavy atom. The van der Waals surface area contributed by atoms with E-state index in [1.807, 2.05) is 19.1 Å². The summed E-state index contributed by atoms with van der Waals surface area (Å²) in [7, 11) is 0. The monoisotopic (exact) mass is 311 g/mol. The van der Waals surface area contributed by atoms with Crippen LogP contribution in [0.1, 0.15) is 12.5 Å². The van der Waals surface area contributed by atoms with E-state index >= 15 is 0 Å². The van der Waals surface area contributed by atoms with Gasteiger partial charge in [-0.15, -0.1) is 0 Å². The van der Waals surface area contributed by atoms with Crippen LogP contribution < -0.4 is 10.1 Å². The topological polar surface area (TPSA) is 108 Å². The Morgan fingerprint density at radius 2 is 2.00 bits per heavy atom. The van der Waals surface area contributed by atoms with Crippen molar-refractivity contribution in [3.05, 3.63) is 29.8 Å². The Labute approximate surface area is 128 Å². The maximum Gasteiger partial charge on any atom is 0.223 e. The van der Waals surface area contributed by atoms with Crippen molar-refractivity contribution in [1.29, 1.82) is 0 Å². The molecule has 1 aliphatic heterocycles. The lowest BCUT2D eigenvalue weighted by molar-refractivity contribution is -0.244. The first-order valence-electron chi connectivity index (χ1n) is 7.06. The van der Waals surface area contributed by atoms with E-state index in [0.717, 1.165) is 5.56 Å². The Bertz CT molecular complexity index is 523. The van der Waals surface area contributed by atoms with Gasteiger partial charge in [-0.1, -0.05) is 18.2 Å². The van der Waals surface area contributed by atoms with Gasteiger partial charge < -0.3 is 30.1 Å². The fraction of sp³-hybridized carbons (Fsp3) is 0.533. The van der Waals surface area contributed by atoms with Gasteiger partial charge in [0.05, 0.1) is 6.61 Å². The van der Waals surface area contributed by atoms with Crippen LogP contribution in [0, 0.1) is 6.92 Å². The molecule has 0 bridgehead atoms. The number of rotatable bonds is 4. The largest absolute Gasteiger partial charge is 0.462 e. The number of aryl methyl sites for hydroxylation is 1. The standard InChI is InChI=1S/C15H21NO6/c1-8-5-3-4-6-10(8)21-15-12(16-9(2)18)14(20)13(19)11(7-17)22-15/h3-6,11-15,17,19-20H,7H2,1-2H3,(H,16,18)/t11-,12-,13-,14-,15-/m1/s1. The van der Waals surface area contributed by atoms with Gasteiger partial charge in [0.15, 0.2) is 0 Å². The fourth-order valence-corrected chi connectivity index (χ4v) is 2.38. The fourth-order valence-electron chi connectivity index (χ4n) is 2.38. The molecule has 0 aliphatic carbocycles. The van der Waals surface area contributed by atoms with E-state index in [2.05, 4.69) is 5.32 Å². The average molecular weight is 311 g/mol. The lowest BCUT2D eigenvalue weighted by Crippen LogP contribution is -2.65. The second-order valence-corrected chi connectivity index (χ2v) is 5.32. The van der Waals surface area contributed by atoms with E-state index in [9.17, 15) is 20.1 Å². The van der Waals surface area contributed by atoms with Gasteiger partial charge in [-0.25, -0.2) is 0 Å². The summed E-state index contributed by atoms with van der Waals surface area (Å²) in [5, 5.41) is 31.8. The molecule has 0 spiro atoms. The molecule has 22 heavy (non-hydrogen) atoms. The van der Waals surface area contributed by atoms with E-state index in [1.54, 1.807) is 12.1 Å². The predicted molar refractivity (Wildman–Crippen MR) is 77.2 cm³/mol. The molecule has 1 aliphatic rings. The minimum absolute atomic E-state index is 0.388. The smallest absolute Gasteiger partial charge is 0.223 e. The molecule has 7 heteroatoms. The Morgan fingerprint density at radius 1 is 1.32 bits per heavy atom. The summed E-state index contributed by atoms with van der Waals surface area (Å²) < 4.78 is 11.2. The minimum Gasteiger partial charge on any atom is -0.462 e. The lowest BCUT2D eigenvalue weighted by Gasteiger charge is -2.42. The van der Waals surface area contributed by atoms with Gasteiger partial charge in [0.1, 0.15) is 30.1 Å². The highest BCUT2D eigenvalue weighted by Crippen LogP contribution is 2.26. The van der Waals surface area contributed by atoms with E-state index in [-0.39, 0.29) is 5.91 Å². The predicted octanol–water partition coefficient (Wildman–Crippen LogP) is -0.682. The normalized spacial score (nSPS) is 31.6. The third-order valence-corrected chi connectivity index (χ3v) is 3.59. The van der Waals surface area contributed by atoms with E-state index in [0.29, 0.717) is 5.75 Å². The van der Waals surface area contributed by atoms with Gasteiger partial charge >= 0.3 is 0 Å². The SMILES string of the molecule is CC(=O)N[C@H]1[C@H](Oc2ccccc2C)O[C@H](CO)[C@@H](O)[C@@H]1O. The molecule has 1 aromatic rings. The maximum atomic E-state index is 11.3. The summed E-state index contributed by atoms with van der Waals surface area (Å²) in [6, 6.07) is 6.27. The number of aliphatic hydroxyl groups is 3. The highest BCUT2D eigenvalue weighted by molar-refractivity contribution is 5.73. The highest BCUT2D eigenvalue weighted by atomic mass is 16.7. The van der Waals surface area contributed by atoms with Crippen LogP contribution in [0.4, 0.5) is 0 Å².